The Bertz CT molecular complexity index is 4260. The van der Waals surface area contributed by atoms with E-state index >= 15 is 9.59 Å². The molecule has 0 aromatic carbocycles. The maximum Gasteiger partial charge on any atom is 0.245 e. The van der Waals surface area contributed by atoms with E-state index in [9.17, 15) is 120 Å². The lowest BCUT2D eigenvalue weighted by Gasteiger charge is -2.39. The number of nitrogens with zero attached hydrogens (tertiary/aromatic N) is 14. The number of nitrogens with one attached hydrogen (secondary N) is 8. The van der Waals surface area contributed by atoms with Crippen molar-refractivity contribution in [2.75, 3.05) is 52.6 Å². The fourth-order valence-corrected chi connectivity index (χ4v) is 16.5. The molecule has 0 unspecified atom stereocenters. The third-order valence-electron chi connectivity index (χ3n) is 24.4. The summed E-state index contributed by atoms with van der Waals surface area (Å²) in [6, 6.07) is -11.2. The van der Waals surface area contributed by atoms with Gasteiger partial charge in [-0.3, -0.25) is 66.7 Å². The lowest BCUT2D eigenvalue weighted by Crippen LogP contribution is -2.59. The molecule has 7 aliphatic rings. The van der Waals surface area contributed by atoms with Gasteiger partial charge in [0.25, 0.3) is 0 Å². The number of aliphatic hydroxyl groups excluding tert-OH is 16. The van der Waals surface area contributed by atoms with Gasteiger partial charge in [-0.15, -0.1) is 20.4 Å². The number of aliphatic hydroxyl groups is 16. The number of unbranched alkanes of at least 4 members (excludes halogenated alkanes) is 4. The second-order valence-electron chi connectivity index (χ2n) is 34.5. The van der Waals surface area contributed by atoms with Crippen molar-refractivity contribution >= 4 is 59.1 Å². The summed E-state index contributed by atoms with van der Waals surface area (Å²) in [5.41, 5.74) is 0.925. The van der Waals surface area contributed by atoms with Crippen LogP contribution in [0.1, 0.15) is 139 Å². The summed E-state index contributed by atoms with van der Waals surface area (Å²) in [4.78, 5) is 149. The van der Waals surface area contributed by atoms with Crippen LogP contribution in [-0.4, -0.2) is 434 Å². The van der Waals surface area contributed by atoms with Crippen molar-refractivity contribution < 1.29 is 168 Å². The summed E-state index contributed by atoms with van der Waals surface area (Å²) in [5.74, 6) is -8.55. The van der Waals surface area contributed by atoms with E-state index in [2.05, 4.69) is 83.8 Å². The Kier molecular flexibility index (Phi) is 40.2. The van der Waals surface area contributed by atoms with Gasteiger partial charge < -0.3 is 172 Å². The number of fused-ring (bicyclic) bond motifs is 2. The van der Waals surface area contributed by atoms with Gasteiger partial charge in [0.1, 0.15) is 169 Å². The Hall–Kier alpha value is -9.70. The number of aryl methyl sites for hydroxylation is 4. The standard InChI is InChI=1S/C80H126N22O34/c1-39-69(121)87-47(15-5-9-21-99-29-43(91-95-99)37-131-79-67(119)63(115)59(111)53(33-105)135-79)75(127)101-23-11-17-49(101)73(125)82-26-56(108)86-46(14-4-8-20-98-28-42(90-94-98)36-130-78-66(118)62(114)58(110)52(32-104)134-78)72(124)84-40(2)70(122)88-48(16-6-10-22-100-30-44(92-96-100)38-132-80-68(120)64(116)60(112)54(34-106)136-80)76(128)102-24-12-18-50(102)74(126)81-25-55(107)85-45(71(123)83-39)13-3-7-19-97-27-41(89-93-97)35-129-77-65(117)61(113)57(109)51(31-103)133-77/h27-30,39-40,45-54,57-68,77-80,103-106,109-120H,3-26,31-38H2,1-2H3,(H,81,126)(H,82,125)(H,83,123)(H,84,124)(H,85,107)(H,86,108)(H,87,121)(H,88,122)/t39-,40-,45-,46-,47-,48-,49-,50-,51+,52+,53+,54+,57+,58+,59+,60+,61-,62-,63-,64-,65-,66-,67-,68-,77-,78-,79-,80-/m0/s1. The average molecular weight is 1940 g/mol. The lowest BCUT2D eigenvalue weighted by atomic mass is 9.99. The van der Waals surface area contributed by atoms with Crippen LogP contribution in [0.4, 0.5) is 0 Å². The highest BCUT2D eigenvalue weighted by Crippen LogP contribution is 2.30. The Labute approximate surface area is 776 Å². The maximum absolute atomic E-state index is 15.1. The van der Waals surface area contributed by atoms with E-state index in [1.165, 1.54) is 67.2 Å². The zero-order valence-corrected chi connectivity index (χ0v) is 74.9. The molecule has 7 aliphatic heterocycles. The molecule has 24 N–H and O–H groups in total. The minimum Gasteiger partial charge on any atom is -0.394 e. The summed E-state index contributed by atoms with van der Waals surface area (Å²) in [5, 5.41) is 216. The van der Waals surface area contributed by atoms with Crippen LogP contribution in [0, 0.1) is 0 Å². The van der Waals surface area contributed by atoms with Crippen molar-refractivity contribution in [3.63, 3.8) is 0 Å². The van der Waals surface area contributed by atoms with Crippen LogP contribution < -0.4 is 42.5 Å². The molecule has 0 radical (unpaired) electrons. The van der Waals surface area contributed by atoms with Crippen LogP contribution in [0.3, 0.4) is 0 Å². The fraction of sp³-hybridized carbons (Fsp3) is 0.775. The van der Waals surface area contributed by atoms with Crippen LogP contribution >= 0.6 is 0 Å². The molecule has 11 heterocycles. The highest BCUT2D eigenvalue weighted by molar-refractivity contribution is 5.99. The Morgan fingerprint density at radius 1 is 0.331 bits per heavy atom. The highest BCUT2D eigenvalue weighted by atomic mass is 16.7. The molecule has 56 heteroatoms. The predicted octanol–water partition coefficient (Wildman–Crippen LogP) is -13.7. The molecule has 0 spiro atoms. The van der Waals surface area contributed by atoms with Gasteiger partial charge in [-0.1, -0.05) is 20.9 Å². The molecule has 0 bridgehead atoms. The van der Waals surface area contributed by atoms with Gasteiger partial charge in [-0.2, -0.15) is 0 Å². The summed E-state index contributed by atoms with van der Waals surface area (Å²) in [7, 11) is 0. The molecule has 0 saturated carbocycles. The highest BCUT2D eigenvalue weighted by Gasteiger charge is 2.50. The zero-order chi connectivity index (χ0) is 98.1. The molecule has 4 aromatic heterocycles. The molecule has 7 fully saturated rings. The fourth-order valence-electron chi connectivity index (χ4n) is 16.5. The first kappa shape index (κ1) is 107. The Morgan fingerprint density at radius 2 is 0.596 bits per heavy atom. The molecule has 11 rings (SSSR count). The third-order valence-corrected chi connectivity index (χ3v) is 24.4. The van der Waals surface area contributed by atoms with Gasteiger partial charge in [0.05, 0.1) is 90.7 Å². The summed E-state index contributed by atoms with van der Waals surface area (Å²) in [6.45, 7) is -2.37. The number of hydrogen-bond donors (Lipinski definition) is 24. The molecule has 0 aliphatic carbocycles. The van der Waals surface area contributed by atoms with E-state index in [0.29, 0.717) is 0 Å². The van der Waals surface area contributed by atoms with E-state index in [0.717, 1.165) is 0 Å². The van der Waals surface area contributed by atoms with E-state index < -0.39 is 270 Å². The molecular formula is C80H126N22O34. The first-order chi connectivity index (χ1) is 65.1. The number of hydrogen-bond acceptors (Lipinski definition) is 42. The Balaban J connectivity index is 0.804. The molecule has 136 heavy (non-hydrogen) atoms. The van der Waals surface area contributed by atoms with Gasteiger partial charge in [-0.05, 0) is 117 Å². The number of rotatable bonds is 36. The molecule has 760 valence electrons. The van der Waals surface area contributed by atoms with Crippen LogP contribution in [0.5, 0.6) is 0 Å². The zero-order valence-electron chi connectivity index (χ0n) is 74.9. The van der Waals surface area contributed by atoms with E-state index in [1.54, 1.807) is 0 Å². The van der Waals surface area contributed by atoms with Crippen LogP contribution in [0.25, 0.3) is 0 Å². The molecule has 7 saturated heterocycles. The van der Waals surface area contributed by atoms with E-state index in [1.807, 2.05) is 0 Å². The minimum atomic E-state index is -1.71. The second kappa shape index (κ2) is 51.3. The van der Waals surface area contributed by atoms with E-state index in [-0.39, 0.29) is 191 Å². The average Bonchev–Trinajstić information content (AvgIpc) is 0.968. The molecule has 56 nitrogen and oxygen atoms in total. The van der Waals surface area contributed by atoms with Crippen LogP contribution in [0.2, 0.25) is 0 Å². The maximum atomic E-state index is 15.1. The summed E-state index contributed by atoms with van der Waals surface area (Å²) >= 11 is 0. The molecule has 10 amide bonds. The van der Waals surface area contributed by atoms with Crippen molar-refractivity contribution in [2.24, 2.45) is 0 Å². The first-order valence-corrected chi connectivity index (χ1v) is 45.4. The monoisotopic (exact) mass is 1940 g/mol. The number of carbonyl (C=O) groups excluding carboxylic acids is 10. The summed E-state index contributed by atoms with van der Waals surface area (Å²) in [6.07, 6.45) is -23.1. The lowest BCUT2D eigenvalue weighted by molar-refractivity contribution is -0.304. The van der Waals surface area contributed by atoms with Crippen molar-refractivity contribution in [3.05, 3.63) is 47.6 Å². The van der Waals surface area contributed by atoms with Gasteiger partial charge >= 0.3 is 0 Å². The van der Waals surface area contributed by atoms with Gasteiger partial charge in [0, 0.05) is 39.3 Å². The van der Waals surface area contributed by atoms with Gasteiger partial charge in [0.15, 0.2) is 25.2 Å². The van der Waals surface area contributed by atoms with E-state index in [4.69, 9.17) is 37.9 Å². The largest absolute Gasteiger partial charge is 0.394 e. The number of carbonyl (C=O) groups is 10. The molecule has 4 aromatic rings. The Morgan fingerprint density at radius 3 is 0.860 bits per heavy atom. The molecule has 28 atom stereocenters. The quantitative estimate of drug-likeness (QED) is 0.0188. The normalized spacial score (nSPS) is 33.2. The molecular weight excluding hydrogens is 1810 g/mol. The smallest absolute Gasteiger partial charge is 0.245 e. The first-order valence-electron chi connectivity index (χ1n) is 45.4. The van der Waals surface area contributed by atoms with Crippen LogP contribution in [-0.2, 0) is 138 Å². The van der Waals surface area contributed by atoms with Crippen molar-refractivity contribution in [2.45, 2.75) is 340 Å². The predicted molar refractivity (Wildman–Crippen MR) is 448 cm³/mol. The SMILES string of the molecule is C[C@@H]1NC(=O)[C@H](CCCCn2cc(CO[C@H]3O[C@H](CO)[C@@H](O)[C@H](O)[C@@H]3O)nn2)NC(=O)CNC(=O)[C@@H]2CCCN2C(=O)[C@H](CCCCn2cc(CO[C@H]3O[C@H](CO)[C@@H](O)[C@H](O)[C@@H]3O)nn2)NC(=O)[C@H](C)NC(=O)[C@H](CCCCn2cc(CO[C@H]3O[C@H](CO)[C@@H](O)[C@H](O)[C@@H]3O)nn2)NC(=O)CNC(=O)[C@@H]2CCCN2C(=O)[C@H](CCCCn2cc(CO[C@H]3O[C@H](CO)[C@@H](O)[C@H](O)[C@@H]3O)nn2)NC1=O. The van der Waals surface area contributed by atoms with Crippen molar-refractivity contribution in [1.29, 1.82) is 0 Å². The van der Waals surface area contributed by atoms with Gasteiger partial charge in [-0.25, -0.2) is 0 Å². The van der Waals surface area contributed by atoms with Gasteiger partial charge in [0.2, 0.25) is 59.1 Å². The topological polar surface area (TPSA) is 794 Å². The van der Waals surface area contributed by atoms with Crippen LogP contribution in [0.15, 0.2) is 24.8 Å². The number of ether oxygens (including phenoxy) is 8. The number of aromatic nitrogens is 12. The van der Waals surface area contributed by atoms with Crippen molar-refractivity contribution in [3.8, 4) is 0 Å². The minimum absolute atomic E-state index is 0.0210. The summed E-state index contributed by atoms with van der Waals surface area (Å²) < 4.78 is 49.9. The third kappa shape index (κ3) is 28.8. The van der Waals surface area contributed by atoms with Crippen molar-refractivity contribution in [1.82, 2.24) is 112 Å². The number of amides is 10. The second-order valence-corrected chi connectivity index (χ2v) is 34.5.